The Morgan fingerprint density at radius 2 is 1.19 bits per heavy atom. The molecular formula is C22H46O4. The maximum Gasteiger partial charge on any atom is 0.0944 e. The van der Waals surface area contributed by atoms with Crippen LogP contribution in [0.1, 0.15) is 92.9 Å². The van der Waals surface area contributed by atoms with Crippen LogP contribution in [0.4, 0.5) is 0 Å². The topological polar surface area (TPSA) is 36.9 Å². The largest absolute Gasteiger partial charge is 0.381 e. The van der Waals surface area contributed by atoms with Gasteiger partial charge in [-0.15, -0.1) is 0 Å². The first-order chi connectivity index (χ1) is 12.5. The summed E-state index contributed by atoms with van der Waals surface area (Å²) < 4.78 is 24.0. The molecule has 4 nitrogen and oxygen atoms in total. The number of unbranched alkanes of at least 4 members (excludes halogenated alkanes) is 1. The van der Waals surface area contributed by atoms with Gasteiger partial charge in [0.1, 0.15) is 0 Å². The summed E-state index contributed by atoms with van der Waals surface area (Å²) in [6, 6.07) is 0. The monoisotopic (exact) mass is 374 g/mol. The van der Waals surface area contributed by atoms with E-state index in [-0.39, 0.29) is 17.8 Å². The molecule has 0 saturated heterocycles. The zero-order chi connectivity index (χ0) is 19.7. The second-order valence-corrected chi connectivity index (χ2v) is 7.53. The highest BCUT2D eigenvalue weighted by molar-refractivity contribution is 4.88. The molecule has 0 aromatic heterocycles. The molecule has 0 aromatic carbocycles. The summed E-state index contributed by atoms with van der Waals surface area (Å²) in [4.78, 5) is 0. The van der Waals surface area contributed by atoms with E-state index in [0.29, 0.717) is 0 Å². The first-order valence-corrected chi connectivity index (χ1v) is 11.0. The first-order valence-electron chi connectivity index (χ1n) is 11.0. The molecule has 26 heavy (non-hydrogen) atoms. The molecule has 0 N–H and O–H groups in total. The fourth-order valence-corrected chi connectivity index (χ4v) is 3.26. The van der Waals surface area contributed by atoms with E-state index in [9.17, 15) is 0 Å². The molecule has 0 aliphatic rings. The van der Waals surface area contributed by atoms with Crippen LogP contribution in [0.2, 0.25) is 0 Å². The van der Waals surface area contributed by atoms with Crippen LogP contribution in [0.15, 0.2) is 0 Å². The number of hydrogen-bond acceptors (Lipinski definition) is 4. The third-order valence-corrected chi connectivity index (χ3v) is 4.51. The van der Waals surface area contributed by atoms with E-state index < -0.39 is 0 Å². The summed E-state index contributed by atoms with van der Waals surface area (Å²) in [6.45, 7) is 17.0. The number of hydrogen-bond donors (Lipinski definition) is 0. The van der Waals surface area contributed by atoms with Crippen molar-refractivity contribution in [1.82, 2.24) is 0 Å². The van der Waals surface area contributed by atoms with Crippen molar-refractivity contribution in [3.05, 3.63) is 0 Å². The first kappa shape index (κ1) is 25.8. The van der Waals surface area contributed by atoms with Gasteiger partial charge in [0.25, 0.3) is 0 Å². The Hall–Kier alpha value is -0.160. The molecule has 2 atom stereocenters. The predicted octanol–water partition coefficient (Wildman–Crippen LogP) is 5.77. The van der Waals surface area contributed by atoms with Crippen molar-refractivity contribution < 1.29 is 18.9 Å². The van der Waals surface area contributed by atoms with Gasteiger partial charge in [0.2, 0.25) is 0 Å². The van der Waals surface area contributed by atoms with Crippen molar-refractivity contribution in [3.63, 3.8) is 0 Å². The van der Waals surface area contributed by atoms with Gasteiger partial charge in [-0.05, 0) is 72.1 Å². The fraction of sp³-hybridized carbons (Fsp3) is 1.00. The van der Waals surface area contributed by atoms with E-state index in [1.165, 1.54) is 0 Å². The third-order valence-electron chi connectivity index (χ3n) is 4.51. The Morgan fingerprint density at radius 3 is 1.73 bits per heavy atom. The minimum absolute atomic E-state index is 0.0904. The lowest BCUT2D eigenvalue weighted by molar-refractivity contribution is -0.170. The summed E-state index contributed by atoms with van der Waals surface area (Å²) in [5.41, 5.74) is -0.232. The predicted molar refractivity (Wildman–Crippen MR) is 110 cm³/mol. The lowest BCUT2D eigenvalue weighted by Gasteiger charge is -2.41. The molecule has 4 heteroatoms. The number of rotatable bonds is 19. The van der Waals surface area contributed by atoms with Crippen molar-refractivity contribution in [2.24, 2.45) is 0 Å². The Morgan fingerprint density at radius 1 is 0.654 bits per heavy atom. The van der Waals surface area contributed by atoms with Gasteiger partial charge in [-0.25, -0.2) is 0 Å². The van der Waals surface area contributed by atoms with Gasteiger partial charge in [-0.1, -0.05) is 20.8 Å². The van der Waals surface area contributed by atoms with Crippen LogP contribution >= 0.6 is 0 Å². The molecule has 0 bridgehead atoms. The normalized spacial score (nSPS) is 15.3. The van der Waals surface area contributed by atoms with Crippen molar-refractivity contribution >= 4 is 0 Å². The van der Waals surface area contributed by atoms with E-state index in [0.717, 1.165) is 84.4 Å². The SMILES string of the molecule is CCCOCCCCC(CCCOCCC)(OC(C)C)C(C)OCCC. The minimum atomic E-state index is -0.232. The molecule has 0 fully saturated rings. The lowest BCUT2D eigenvalue weighted by Crippen LogP contribution is -2.47. The summed E-state index contributed by atoms with van der Waals surface area (Å²) in [5.74, 6) is 0. The van der Waals surface area contributed by atoms with Gasteiger partial charge in [-0.3, -0.25) is 0 Å². The molecule has 0 aliphatic carbocycles. The van der Waals surface area contributed by atoms with Crippen molar-refractivity contribution in [1.29, 1.82) is 0 Å². The quantitative estimate of drug-likeness (QED) is 0.269. The van der Waals surface area contributed by atoms with Crippen LogP contribution in [-0.4, -0.2) is 50.8 Å². The molecule has 0 saturated carbocycles. The highest BCUT2D eigenvalue weighted by Gasteiger charge is 2.38. The van der Waals surface area contributed by atoms with E-state index >= 15 is 0 Å². The molecular weight excluding hydrogens is 328 g/mol. The summed E-state index contributed by atoms with van der Waals surface area (Å²) in [5, 5.41) is 0. The Bertz CT molecular complexity index is 296. The maximum atomic E-state index is 6.51. The van der Waals surface area contributed by atoms with Crippen LogP contribution in [-0.2, 0) is 18.9 Å². The lowest BCUT2D eigenvalue weighted by atomic mass is 9.86. The third kappa shape index (κ3) is 12.3. The summed E-state index contributed by atoms with van der Waals surface area (Å²) in [6.07, 6.45) is 8.66. The zero-order valence-electron chi connectivity index (χ0n) is 18.5. The van der Waals surface area contributed by atoms with Gasteiger partial charge in [0, 0.05) is 33.0 Å². The van der Waals surface area contributed by atoms with Gasteiger partial charge in [0.05, 0.1) is 17.8 Å². The maximum absolute atomic E-state index is 6.51. The van der Waals surface area contributed by atoms with Crippen molar-refractivity contribution in [3.8, 4) is 0 Å². The molecule has 0 aromatic rings. The van der Waals surface area contributed by atoms with E-state index in [2.05, 4.69) is 41.5 Å². The molecule has 2 unspecified atom stereocenters. The van der Waals surface area contributed by atoms with Crippen LogP contribution in [0.5, 0.6) is 0 Å². The highest BCUT2D eigenvalue weighted by atomic mass is 16.6. The van der Waals surface area contributed by atoms with Crippen LogP contribution < -0.4 is 0 Å². The van der Waals surface area contributed by atoms with Gasteiger partial charge in [-0.2, -0.15) is 0 Å². The Kier molecular flexibility index (Phi) is 16.9. The second-order valence-electron chi connectivity index (χ2n) is 7.53. The number of ether oxygens (including phenoxy) is 4. The smallest absolute Gasteiger partial charge is 0.0944 e. The minimum Gasteiger partial charge on any atom is -0.381 e. The molecule has 0 spiro atoms. The Labute approximate surface area is 163 Å². The molecule has 158 valence electrons. The van der Waals surface area contributed by atoms with Crippen LogP contribution in [0.25, 0.3) is 0 Å². The summed E-state index contributed by atoms with van der Waals surface area (Å²) >= 11 is 0. The van der Waals surface area contributed by atoms with Crippen molar-refractivity contribution in [2.45, 2.75) is 111 Å². The zero-order valence-corrected chi connectivity index (χ0v) is 18.5. The van der Waals surface area contributed by atoms with Gasteiger partial charge in [0.15, 0.2) is 0 Å². The standard InChI is InChI=1S/C22H46O4/c1-7-15-23-18-11-10-13-22(26-20(4)5,21(6)25-17-9-3)14-12-19-24-16-8-2/h20-21H,7-19H2,1-6H3. The average Bonchev–Trinajstić information content (AvgIpc) is 2.61. The van der Waals surface area contributed by atoms with E-state index in [4.69, 9.17) is 18.9 Å². The molecule has 0 heterocycles. The average molecular weight is 375 g/mol. The van der Waals surface area contributed by atoms with E-state index in [1.807, 2.05) is 0 Å². The summed E-state index contributed by atoms with van der Waals surface area (Å²) in [7, 11) is 0. The van der Waals surface area contributed by atoms with Gasteiger partial charge < -0.3 is 18.9 Å². The Balaban J connectivity index is 4.76. The second kappa shape index (κ2) is 17.0. The van der Waals surface area contributed by atoms with Gasteiger partial charge >= 0.3 is 0 Å². The molecule has 0 rings (SSSR count). The molecule has 0 aliphatic heterocycles. The van der Waals surface area contributed by atoms with Crippen molar-refractivity contribution in [2.75, 3.05) is 33.0 Å². The van der Waals surface area contributed by atoms with E-state index in [1.54, 1.807) is 0 Å². The fourth-order valence-electron chi connectivity index (χ4n) is 3.26. The molecule has 0 radical (unpaired) electrons. The van der Waals surface area contributed by atoms with Crippen LogP contribution in [0, 0.1) is 0 Å². The van der Waals surface area contributed by atoms with Crippen LogP contribution in [0.3, 0.4) is 0 Å². The molecule has 0 amide bonds. The highest BCUT2D eigenvalue weighted by Crippen LogP contribution is 2.32.